The van der Waals surface area contributed by atoms with Crippen LogP contribution in [0, 0.1) is 6.92 Å². The van der Waals surface area contributed by atoms with E-state index in [1.807, 2.05) is 13.8 Å². The number of ether oxygens (including phenoxy) is 2. The summed E-state index contributed by atoms with van der Waals surface area (Å²) in [6, 6.07) is 4.42. The Hall–Kier alpha value is -3.04. The predicted molar refractivity (Wildman–Crippen MR) is 121 cm³/mol. The fourth-order valence-electron chi connectivity index (χ4n) is 3.69. The Kier molecular flexibility index (Phi) is 7.42. The molecule has 0 spiro atoms. The molecule has 0 bridgehead atoms. The van der Waals surface area contributed by atoms with Crippen LogP contribution in [0.4, 0.5) is 5.00 Å². The zero-order chi connectivity index (χ0) is 23.4. The standard InChI is InChI=1S/C23H26N2O6S/c1-5-15-13(3)32-20(18(15)23(29)31-6-2)24-19(26)14-8-9-16-17(12-14)22(28)25(21(16)27)10-7-11-30-4/h8-9,12H,5-7,10-11H2,1-4H3,(H,24,26). The van der Waals surface area contributed by atoms with Crippen molar-refractivity contribution in [3.63, 3.8) is 0 Å². The van der Waals surface area contributed by atoms with Gasteiger partial charge in [0.1, 0.15) is 5.00 Å². The van der Waals surface area contributed by atoms with Gasteiger partial charge in [-0.3, -0.25) is 19.3 Å². The number of nitrogens with zero attached hydrogens (tertiary/aromatic N) is 1. The molecule has 9 heteroatoms. The second-order valence-corrected chi connectivity index (χ2v) is 8.46. The van der Waals surface area contributed by atoms with E-state index >= 15 is 0 Å². The molecule has 3 rings (SSSR count). The van der Waals surface area contributed by atoms with Crippen LogP contribution in [0.3, 0.4) is 0 Å². The number of rotatable bonds is 9. The van der Waals surface area contributed by atoms with E-state index in [-0.39, 0.29) is 35.7 Å². The minimum Gasteiger partial charge on any atom is -0.462 e. The van der Waals surface area contributed by atoms with Crippen LogP contribution in [0.25, 0.3) is 0 Å². The maximum Gasteiger partial charge on any atom is 0.341 e. The van der Waals surface area contributed by atoms with E-state index in [0.29, 0.717) is 30.0 Å². The van der Waals surface area contributed by atoms with E-state index in [1.165, 1.54) is 34.4 Å². The van der Waals surface area contributed by atoms with Gasteiger partial charge in [0.05, 0.1) is 23.3 Å². The fraction of sp³-hybridized carbons (Fsp3) is 0.391. The molecule has 2 heterocycles. The molecule has 3 amide bonds. The van der Waals surface area contributed by atoms with Crippen LogP contribution >= 0.6 is 11.3 Å². The molecule has 1 aromatic carbocycles. The Labute approximate surface area is 190 Å². The number of fused-ring (bicyclic) bond motifs is 1. The third-order valence-electron chi connectivity index (χ3n) is 5.23. The highest BCUT2D eigenvalue weighted by Gasteiger charge is 2.35. The highest BCUT2D eigenvalue weighted by molar-refractivity contribution is 7.16. The molecule has 0 aliphatic carbocycles. The molecule has 0 saturated carbocycles. The fourth-order valence-corrected chi connectivity index (χ4v) is 4.82. The summed E-state index contributed by atoms with van der Waals surface area (Å²) in [5.41, 5.74) is 1.90. The average molecular weight is 459 g/mol. The highest BCUT2D eigenvalue weighted by Crippen LogP contribution is 2.34. The summed E-state index contributed by atoms with van der Waals surface area (Å²) < 4.78 is 10.2. The Morgan fingerprint density at radius 2 is 1.84 bits per heavy atom. The molecule has 32 heavy (non-hydrogen) atoms. The summed E-state index contributed by atoms with van der Waals surface area (Å²) in [5, 5.41) is 3.19. The van der Waals surface area contributed by atoms with Crippen molar-refractivity contribution in [1.82, 2.24) is 4.90 Å². The van der Waals surface area contributed by atoms with Gasteiger partial charge >= 0.3 is 5.97 Å². The van der Waals surface area contributed by atoms with Crippen molar-refractivity contribution >= 4 is 40.0 Å². The zero-order valence-corrected chi connectivity index (χ0v) is 19.4. The number of methoxy groups -OCH3 is 1. The molecule has 1 aromatic heterocycles. The molecule has 0 saturated heterocycles. The third kappa shape index (κ3) is 4.44. The number of esters is 1. The van der Waals surface area contributed by atoms with Crippen molar-refractivity contribution in [3.8, 4) is 0 Å². The summed E-state index contributed by atoms with van der Waals surface area (Å²) in [6.07, 6.45) is 1.16. The number of amides is 3. The van der Waals surface area contributed by atoms with Gasteiger partial charge in [-0.25, -0.2) is 4.79 Å². The van der Waals surface area contributed by atoms with Crippen LogP contribution in [-0.2, 0) is 15.9 Å². The van der Waals surface area contributed by atoms with Crippen LogP contribution < -0.4 is 5.32 Å². The van der Waals surface area contributed by atoms with Gasteiger partial charge in [0, 0.05) is 30.7 Å². The summed E-state index contributed by atoms with van der Waals surface area (Å²) >= 11 is 1.31. The van der Waals surface area contributed by atoms with E-state index in [1.54, 1.807) is 14.0 Å². The van der Waals surface area contributed by atoms with Crippen LogP contribution in [0.1, 0.15) is 72.1 Å². The van der Waals surface area contributed by atoms with E-state index in [0.717, 1.165) is 10.4 Å². The Morgan fingerprint density at radius 3 is 2.50 bits per heavy atom. The van der Waals surface area contributed by atoms with Crippen molar-refractivity contribution in [2.24, 2.45) is 0 Å². The van der Waals surface area contributed by atoms with Crippen molar-refractivity contribution < 1.29 is 28.7 Å². The summed E-state index contributed by atoms with van der Waals surface area (Å²) in [4.78, 5) is 52.8. The van der Waals surface area contributed by atoms with E-state index in [9.17, 15) is 19.2 Å². The van der Waals surface area contributed by atoms with Crippen molar-refractivity contribution in [2.75, 3.05) is 32.2 Å². The van der Waals surface area contributed by atoms with Crippen LogP contribution in [0.15, 0.2) is 18.2 Å². The number of hydrogen-bond donors (Lipinski definition) is 1. The molecule has 1 aliphatic heterocycles. The monoisotopic (exact) mass is 458 g/mol. The number of carbonyl (C=O) groups excluding carboxylic acids is 4. The molecule has 8 nitrogen and oxygen atoms in total. The zero-order valence-electron chi connectivity index (χ0n) is 18.6. The second kappa shape index (κ2) is 10.1. The molecule has 170 valence electrons. The van der Waals surface area contributed by atoms with E-state index < -0.39 is 17.8 Å². The number of thiophene rings is 1. The minimum absolute atomic E-state index is 0.197. The Morgan fingerprint density at radius 1 is 1.12 bits per heavy atom. The quantitative estimate of drug-likeness (QED) is 0.349. The normalized spacial score (nSPS) is 12.8. The summed E-state index contributed by atoms with van der Waals surface area (Å²) in [7, 11) is 1.55. The van der Waals surface area contributed by atoms with Crippen molar-refractivity contribution in [3.05, 3.63) is 50.9 Å². The molecular weight excluding hydrogens is 432 g/mol. The molecule has 2 aromatic rings. The van der Waals surface area contributed by atoms with Gasteiger partial charge in [0.15, 0.2) is 0 Å². The molecule has 0 unspecified atom stereocenters. The number of hydrogen-bond acceptors (Lipinski definition) is 7. The molecule has 0 atom stereocenters. The lowest BCUT2D eigenvalue weighted by Gasteiger charge is -2.12. The Bertz CT molecular complexity index is 1070. The first-order valence-corrected chi connectivity index (χ1v) is 11.3. The Balaban J connectivity index is 1.85. The summed E-state index contributed by atoms with van der Waals surface area (Å²) in [6.45, 7) is 6.46. The van der Waals surface area contributed by atoms with Gasteiger partial charge in [-0.15, -0.1) is 11.3 Å². The second-order valence-electron chi connectivity index (χ2n) is 7.24. The topological polar surface area (TPSA) is 102 Å². The lowest BCUT2D eigenvalue weighted by molar-refractivity contribution is 0.0525. The van der Waals surface area contributed by atoms with E-state index in [2.05, 4.69) is 5.32 Å². The van der Waals surface area contributed by atoms with Gasteiger partial charge in [-0.2, -0.15) is 0 Å². The predicted octanol–water partition coefficient (Wildman–Crippen LogP) is 3.68. The van der Waals surface area contributed by atoms with Crippen molar-refractivity contribution in [2.45, 2.75) is 33.6 Å². The largest absolute Gasteiger partial charge is 0.462 e. The number of imide groups is 1. The lowest BCUT2D eigenvalue weighted by atomic mass is 10.0. The SMILES string of the molecule is CCOC(=O)c1c(NC(=O)c2ccc3c(c2)C(=O)N(CCCOC)C3=O)sc(C)c1CC. The van der Waals surface area contributed by atoms with Crippen LogP contribution in [0.2, 0.25) is 0 Å². The van der Waals surface area contributed by atoms with E-state index in [4.69, 9.17) is 9.47 Å². The van der Waals surface area contributed by atoms with Gasteiger partial charge in [-0.05, 0) is 50.5 Å². The first kappa shape index (κ1) is 23.6. The maximum atomic E-state index is 13.0. The number of benzene rings is 1. The van der Waals surface area contributed by atoms with Gasteiger partial charge in [-0.1, -0.05) is 6.92 Å². The van der Waals surface area contributed by atoms with Gasteiger partial charge in [0.2, 0.25) is 0 Å². The molecular formula is C23H26N2O6S. The highest BCUT2D eigenvalue weighted by atomic mass is 32.1. The van der Waals surface area contributed by atoms with Crippen LogP contribution in [0.5, 0.6) is 0 Å². The summed E-state index contributed by atoms with van der Waals surface area (Å²) in [5.74, 6) is -1.76. The molecule has 1 aliphatic rings. The maximum absolute atomic E-state index is 13.0. The first-order valence-electron chi connectivity index (χ1n) is 10.4. The lowest BCUT2D eigenvalue weighted by Crippen LogP contribution is -2.31. The molecule has 0 radical (unpaired) electrons. The number of carbonyl (C=O) groups is 4. The minimum atomic E-state index is -0.481. The van der Waals surface area contributed by atoms with Crippen molar-refractivity contribution in [1.29, 1.82) is 0 Å². The first-order chi connectivity index (χ1) is 15.3. The number of nitrogens with one attached hydrogen (secondary N) is 1. The molecule has 1 N–H and O–H groups in total. The van der Waals surface area contributed by atoms with Gasteiger partial charge in [0.25, 0.3) is 17.7 Å². The van der Waals surface area contributed by atoms with Gasteiger partial charge < -0.3 is 14.8 Å². The third-order valence-corrected chi connectivity index (χ3v) is 6.30. The number of anilines is 1. The average Bonchev–Trinajstić information content (AvgIpc) is 3.21. The molecule has 0 fully saturated rings. The number of aryl methyl sites for hydroxylation is 1. The smallest absolute Gasteiger partial charge is 0.341 e. The van der Waals surface area contributed by atoms with Crippen LogP contribution in [-0.4, -0.2) is 55.5 Å².